The summed E-state index contributed by atoms with van der Waals surface area (Å²) in [4.78, 5) is 0. The highest BCUT2D eigenvalue weighted by Crippen LogP contribution is 2.07. The van der Waals surface area contributed by atoms with Crippen molar-refractivity contribution in [3.8, 4) is 0 Å². The predicted octanol–water partition coefficient (Wildman–Crippen LogP) is 3.45. The van der Waals surface area contributed by atoms with Crippen molar-refractivity contribution in [2.45, 2.75) is 47.1 Å². The van der Waals surface area contributed by atoms with Crippen molar-refractivity contribution < 1.29 is 9.05 Å². The van der Waals surface area contributed by atoms with Crippen LogP contribution >= 0.6 is 0 Å². The molecule has 0 bridgehead atoms. The van der Waals surface area contributed by atoms with Crippen LogP contribution in [0, 0.1) is 0 Å². The number of nitrogens with one attached hydrogen (secondary N) is 2. The lowest BCUT2D eigenvalue weighted by Crippen LogP contribution is -2.45. The summed E-state index contributed by atoms with van der Waals surface area (Å²) in [6.07, 6.45) is 6.03. The van der Waals surface area contributed by atoms with Gasteiger partial charge in [-0.1, -0.05) is 26.0 Å². The monoisotopic (exact) mass is 270 g/mol. The van der Waals surface area contributed by atoms with Crippen LogP contribution in [-0.4, -0.2) is 8.56 Å². The number of allylic oxidation sites excluding steroid dienone is 4. The average Bonchev–Trinajstić information content (AvgIpc) is 2.35. The fourth-order valence-corrected chi connectivity index (χ4v) is 2.10. The van der Waals surface area contributed by atoms with E-state index in [1.165, 1.54) is 0 Å². The first kappa shape index (κ1) is 17.0. The van der Waals surface area contributed by atoms with E-state index >= 15 is 0 Å². The summed E-state index contributed by atoms with van der Waals surface area (Å²) in [5, 5.41) is 0. The maximum absolute atomic E-state index is 5.61. The smallest absolute Gasteiger partial charge is 0.282 e. The first-order valence-electron chi connectivity index (χ1n) is 6.32. The molecular weight excluding hydrogens is 244 g/mol. The van der Waals surface area contributed by atoms with Crippen molar-refractivity contribution in [2.75, 3.05) is 0 Å². The van der Waals surface area contributed by atoms with Gasteiger partial charge in [0.15, 0.2) is 0 Å². The molecule has 0 rings (SSSR count). The van der Waals surface area contributed by atoms with E-state index in [1.54, 1.807) is 5.70 Å². The fourth-order valence-electron chi connectivity index (χ4n) is 1.16. The molecule has 0 aliphatic heterocycles. The van der Waals surface area contributed by atoms with E-state index in [4.69, 9.17) is 9.05 Å². The standard InChI is InChI=1S/C13H26N2O2Si/c1-7-10-12(4)14-16-18(6,9-3)17-15-13(5)11-8-2/h9-11,14-15H,3,7-8H2,1-2,4-6H3. The number of hydroxylamine groups is 2. The van der Waals surface area contributed by atoms with Crippen molar-refractivity contribution in [2.24, 2.45) is 0 Å². The molecule has 0 aliphatic carbocycles. The van der Waals surface area contributed by atoms with Crippen molar-refractivity contribution in [3.05, 3.63) is 35.8 Å². The van der Waals surface area contributed by atoms with E-state index in [9.17, 15) is 0 Å². The summed E-state index contributed by atoms with van der Waals surface area (Å²) in [5.74, 6) is 0. The lowest BCUT2D eigenvalue weighted by atomic mass is 10.4. The Morgan fingerprint density at radius 3 is 1.72 bits per heavy atom. The van der Waals surface area contributed by atoms with Crippen LogP contribution in [0.25, 0.3) is 0 Å². The van der Waals surface area contributed by atoms with E-state index in [0.29, 0.717) is 0 Å². The summed E-state index contributed by atoms with van der Waals surface area (Å²) in [7, 11) is -2.45. The first-order chi connectivity index (χ1) is 8.47. The van der Waals surface area contributed by atoms with Crippen molar-refractivity contribution >= 4 is 8.56 Å². The second-order valence-corrected chi connectivity index (χ2v) is 7.07. The zero-order valence-electron chi connectivity index (χ0n) is 12.2. The van der Waals surface area contributed by atoms with Gasteiger partial charge in [-0.25, -0.2) is 0 Å². The van der Waals surface area contributed by atoms with Crippen LogP contribution in [0.4, 0.5) is 0 Å². The van der Waals surface area contributed by atoms with Gasteiger partial charge in [0.2, 0.25) is 0 Å². The van der Waals surface area contributed by atoms with E-state index in [0.717, 1.165) is 24.2 Å². The Hall–Kier alpha value is -1.04. The molecule has 0 saturated heterocycles. The van der Waals surface area contributed by atoms with Crippen LogP contribution in [0.2, 0.25) is 6.55 Å². The molecule has 0 saturated carbocycles. The SMILES string of the molecule is C=C[Si](C)(ONC(C)=CCC)ONC(C)=CCC. The Balaban J connectivity index is 4.30. The molecular formula is C13H26N2O2Si. The van der Waals surface area contributed by atoms with E-state index in [1.807, 2.05) is 32.5 Å². The second-order valence-electron chi connectivity index (χ2n) is 4.22. The minimum Gasteiger partial charge on any atom is -0.282 e. The summed E-state index contributed by atoms with van der Waals surface area (Å²) in [6.45, 7) is 13.8. The lowest BCUT2D eigenvalue weighted by molar-refractivity contribution is 0.101. The molecule has 104 valence electrons. The summed E-state index contributed by atoms with van der Waals surface area (Å²) in [6, 6.07) is 0. The molecule has 0 aromatic heterocycles. The van der Waals surface area contributed by atoms with Gasteiger partial charge in [0.05, 0.1) is 0 Å². The minimum atomic E-state index is -2.45. The van der Waals surface area contributed by atoms with Crippen LogP contribution in [0.1, 0.15) is 40.5 Å². The lowest BCUT2D eigenvalue weighted by Gasteiger charge is -2.24. The predicted molar refractivity (Wildman–Crippen MR) is 78.4 cm³/mol. The largest absolute Gasteiger partial charge is 0.411 e. The molecule has 0 aliphatic rings. The zero-order chi connectivity index (χ0) is 14.0. The Morgan fingerprint density at radius 2 is 1.44 bits per heavy atom. The Morgan fingerprint density at radius 1 is 1.06 bits per heavy atom. The van der Waals surface area contributed by atoms with Gasteiger partial charge in [-0.05, 0) is 38.9 Å². The normalized spacial score (nSPS) is 16.1. The van der Waals surface area contributed by atoms with Gasteiger partial charge < -0.3 is 0 Å². The van der Waals surface area contributed by atoms with E-state index in [2.05, 4.69) is 31.4 Å². The van der Waals surface area contributed by atoms with Crippen LogP contribution < -0.4 is 11.0 Å². The van der Waals surface area contributed by atoms with Crippen molar-refractivity contribution in [1.29, 1.82) is 0 Å². The number of hydrogen-bond donors (Lipinski definition) is 2. The molecule has 4 nitrogen and oxygen atoms in total. The molecule has 0 heterocycles. The van der Waals surface area contributed by atoms with Gasteiger partial charge in [0.25, 0.3) is 0 Å². The maximum Gasteiger partial charge on any atom is 0.411 e. The third-order valence-corrected chi connectivity index (χ3v) is 3.98. The number of rotatable bonds is 9. The molecule has 0 fully saturated rings. The Labute approximate surface area is 112 Å². The average molecular weight is 270 g/mol. The first-order valence-corrected chi connectivity index (χ1v) is 8.72. The summed E-state index contributed by atoms with van der Waals surface area (Å²) < 4.78 is 11.2. The Bertz CT molecular complexity index is 290. The van der Waals surface area contributed by atoms with E-state index in [-0.39, 0.29) is 0 Å². The molecule has 0 aromatic rings. The molecule has 0 spiro atoms. The molecule has 18 heavy (non-hydrogen) atoms. The Kier molecular flexibility index (Phi) is 8.44. The molecule has 0 radical (unpaired) electrons. The van der Waals surface area contributed by atoms with E-state index < -0.39 is 8.56 Å². The number of hydrogen-bond acceptors (Lipinski definition) is 4. The maximum atomic E-state index is 5.61. The van der Waals surface area contributed by atoms with Gasteiger partial charge in [-0.3, -0.25) is 20.0 Å². The summed E-state index contributed by atoms with van der Waals surface area (Å²) in [5.41, 5.74) is 9.47. The van der Waals surface area contributed by atoms with Gasteiger partial charge in [-0.2, -0.15) is 0 Å². The highest BCUT2D eigenvalue weighted by Gasteiger charge is 2.29. The minimum absolute atomic E-state index is 0.964. The highest BCUT2D eigenvalue weighted by atomic mass is 28.4. The van der Waals surface area contributed by atoms with Gasteiger partial charge in [0.1, 0.15) is 0 Å². The third-order valence-electron chi connectivity index (χ3n) is 2.22. The zero-order valence-corrected chi connectivity index (χ0v) is 13.2. The molecule has 0 amide bonds. The van der Waals surface area contributed by atoms with Gasteiger partial charge >= 0.3 is 8.56 Å². The van der Waals surface area contributed by atoms with Gasteiger partial charge in [-0.15, -0.1) is 6.58 Å². The summed E-state index contributed by atoms with van der Waals surface area (Å²) >= 11 is 0. The quantitative estimate of drug-likeness (QED) is 0.497. The molecule has 0 aromatic carbocycles. The van der Waals surface area contributed by atoms with Crippen LogP contribution in [0.5, 0.6) is 0 Å². The van der Waals surface area contributed by atoms with Crippen LogP contribution in [0.15, 0.2) is 35.8 Å². The van der Waals surface area contributed by atoms with Gasteiger partial charge in [0, 0.05) is 11.4 Å². The second kappa shape index (κ2) is 8.96. The van der Waals surface area contributed by atoms with Crippen LogP contribution in [0.3, 0.4) is 0 Å². The molecule has 5 heteroatoms. The molecule has 0 unspecified atom stereocenters. The molecule has 2 N–H and O–H groups in total. The highest BCUT2D eigenvalue weighted by molar-refractivity contribution is 6.71. The van der Waals surface area contributed by atoms with Crippen molar-refractivity contribution in [3.63, 3.8) is 0 Å². The van der Waals surface area contributed by atoms with Crippen LogP contribution in [-0.2, 0) is 9.05 Å². The fraction of sp³-hybridized carbons (Fsp3) is 0.538. The third kappa shape index (κ3) is 7.32. The topological polar surface area (TPSA) is 42.5 Å². The van der Waals surface area contributed by atoms with Crippen molar-refractivity contribution in [1.82, 2.24) is 11.0 Å². The molecule has 0 atom stereocenters.